The number of likely N-dealkylation sites (tertiary alicyclic amines) is 1. The Morgan fingerprint density at radius 3 is 2.67 bits per heavy atom. The van der Waals surface area contributed by atoms with E-state index in [4.69, 9.17) is 5.73 Å². The average molecular weight is 212 g/mol. The minimum atomic E-state index is 0.153. The van der Waals surface area contributed by atoms with Crippen LogP contribution in [0.5, 0.6) is 0 Å². The van der Waals surface area contributed by atoms with Crippen molar-refractivity contribution in [3.05, 3.63) is 0 Å². The molecule has 1 aliphatic carbocycles. The Morgan fingerprint density at radius 2 is 2.27 bits per heavy atom. The van der Waals surface area contributed by atoms with Crippen molar-refractivity contribution in [2.75, 3.05) is 26.2 Å². The second-order valence-electron chi connectivity index (χ2n) is 4.91. The molecule has 3 N–H and O–H groups in total. The standard InChI is InChI=1S/C11H20N2O2/c12-5-2-10(15)13-6-9(7-14)11(8-13)3-1-4-11/h9,14H,1-8,12H2/t9-/m1/s1. The van der Waals surface area contributed by atoms with Crippen molar-refractivity contribution in [3.63, 3.8) is 0 Å². The van der Waals surface area contributed by atoms with E-state index in [0.29, 0.717) is 18.9 Å². The normalized spacial score (nSPS) is 28.1. The summed E-state index contributed by atoms with van der Waals surface area (Å²) < 4.78 is 0. The molecule has 2 aliphatic rings. The largest absolute Gasteiger partial charge is 0.396 e. The fraction of sp³-hybridized carbons (Fsp3) is 0.909. The van der Waals surface area contributed by atoms with Crippen LogP contribution in [-0.4, -0.2) is 42.2 Å². The van der Waals surface area contributed by atoms with Crippen molar-refractivity contribution >= 4 is 5.91 Å². The van der Waals surface area contributed by atoms with Crippen molar-refractivity contribution in [1.82, 2.24) is 4.90 Å². The Kier molecular flexibility index (Phi) is 2.98. The monoisotopic (exact) mass is 212 g/mol. The van der Waals surface area contributed by atoms with Crippen LogP contribution in [0.1, 0.15) is 25.7 Å². The number of carbonyl (C=O) groups excluding carboxylic acids is 1. The van der Waals surface area contributed by atoms with Crippen LogP contribution in [0.4, 0.5) is 0 Å². The van der Waals surface area contributed by atoms with Gasteiger partial charge in [-0.15, -0.1) is 0 Å². The van der Waals surface area contributed by atoms with Gasteiger partial charge in [0.25, 0.3) is 0 Å². The van der Waals surface area contributed by atoms with Crippen molar-refractivity contribution in [1.29, 1.82) is 0 Å². The predicted molar refractivity (Wildman–Crippen MR) is 57.1 cm³/mol. The van der Waals surface area contributed by atoms with Gasteiger partial charge in [-0.25, -0.2) is 0 Å². The highest BCUT2D eigenvalue weighted by Crippen LogP contribution is 2.51. The molecule has 1 aliphatic heterocycles. The number of nitrogens with zero attached hydrogens (tertiary/aromatic N) is 1. The minimum absolute atomic E-state index is 0.153. The van der Waals surface area contributed by atoms with Gasteiger partial charge in [-0.2, -0.15) is 0 Å². The van der Waals surface area contributed by atoms with Crippen LogP contribution in [0.2, 0.25) is 0 Å². The molecular formula is C11H20N2O2. The number of rotatable bonds is 3. The third-order valence-electron chi connectivity index (χ3n) is 4.09. The molecule has 2 rings (SSSR count). The first kappa shape index (κ1) is 10.9. The van der Waals surface area contributed by atoms with Gasteiger partial charge >= 0.3 is 0 Å². The molecule has 0 unspecified atom stereocenters. The minimum Gasteiger partial charge on any atom is -0.396 e. The predicted octanol–water partition coefficient (Wildman–Crippen LogP) is -0.0438. The molecule has 1 heterocycles. The molecule has 0 radical (unpaired) electrons. The SMILES string of the molecule is NCCC(=O)N1C[C@H](CO)C2(CCC2)C1. The zero-order valence-electron chi connectivity index (χ0n) is 9.11. The Hall–Kier alpha value is -0.610. The lowest BCUT2D eigenvalue weighted by atomic mass is 9.63. The van der Waals surface area contributed by atoms with Crippen LogP contribution in [-0.2, 0) is 4.79 Å². The summed E-state index contributed by atoms with van der Waals surface area (Å²) in [6, 6.07) is 0. The van der Waals surface area contributed by atoms with E-state index in [1.165, 1.54) is 19.3 Å². The van der Waals surface area contributed by atoms with E-state index < -0.39 is 0 Å². The van der Waals surface area contributed by atoms with Gasteiger partial charge in [-0.05, 0) is 18.3 Å². The van der Waals surface area contributed by atoms with Crippen LogP contribution in [0, 0.1) is 11.3 Å². The zero-order chi connectivity index (χ0) is 10.9. The van der Waals surface area contributed by atoms with Gasteiger partial charge in [0.1, 0.15) is 0 Å². The first-order valence-corrected chi connectivity index (χ1v) is 5.80. The molecule has 0 aromatic heterocycles. The molecule has 15 heavy (non-hydrogen) atoms. The summed E-state index contributed by atoms with van der Waals surface area (Å²) in [5.74, 6) is 0.452. The highest BCUT2D eigenvalue weighted by atomic mass is 16.3. The number of hydrogen-bond donors (Lipinski definition) is 2. The van der Waals surface area contributed by atoms with Crippen molar-refractivity contribution in [2.45, 2.75) is 25.7 Å². The van der Waals surface area contributed by atoms with E-state index in [1.54, 1.807) is 0 Å². The number of carbonyl (C=O) groups is 1. The summed E-state index contributed by atoms with van der Waals surface area (Å²) in [4.78, 5) is 13.6. The molecule has 0 aromatic rings. The molecule has 0 bridgehead atoms. The lowest BCUT2D eigenvalue weighted by Gasteiger charge is -2.42. The quantitative estimate of drug-likeness (QED) is 0.689. The van der Waals surface area contributed by atoms with E-state index in [9.17, 15) is 9.90 Å². The van der Waals surface area contributed by atoms with Crippen molar-refractivity contribution in [2.24, 2.45) is 17.1 Å². The second kappa shape index (κ2) is 4.10. The molecule has 1 saturated carbocycles. The van der Waals surface area contributed by atoms with Gasteiger partial charge in [-0.1, -0.05) is 6.42 Å². The molecular weight excluding hydrogens is 192 g/mol. The van der Waals surface area contributed by atoms with Gasteiger partial charge < -0.3 is 15.7 Å². The number of hydrogen-bond acceptors (Lipinski definition) is 3. The summed E-state index contributed by atoms with van der Waals surface area (Å²) in [5.41, 5.74) is 5.63. The first-order chi connectivity index (χ1) is 7.22. The fourth-order valence-electron chi connectivity index (χ4n) is 2.95. The maximum absolute atomic E-state index is 11.7. The van der Waals surface area contributed by atoms with Gasteiger partial charge in [-0.3, -0.25) is 4.79 Å². The lowest BCUT2D eigenvalue weighted by Crippen LogP contribution is -2.39. The van der Waals surface area contributed by atoms with Crippen LogP contribution in [0.3, 0.4) is 0 Å². The molecule has 1 saturated heterocycles. The summed E-state index contributed by atoms with van der Waals surface area (Å²) in [5, 5.41) is 9.33. The third-order valence-corrected chi connectivity index (χ3v) is 4.09. The molecule has 0 aromatic carbocycles. The van der Waals surface area contributed by atoms with E-state index in [0.717, 1.165) is 13.1 Å². The molecule has 2 fully saturated rings. The van der Waals surface area contributed by atoms with Gasteiger partial charge in [0.2, 0.25) is 5.91 Å². The lowest BCUT2D eigenvalue weighted by molar-refractivity contribution is -0.130. The van der Waals surface area contributed by atoms with E-state index >= 15 is 0 Å². The molecule has 4 nitrogen and oxygen atoms in total. The number of aliphatic hydroxyl groups excluding tert-OH is 1. The zero-order valence-corrected chi connectivity index (χ0v) is 9.11. The van der Waals surface area contributed by atoms with Crippen molar-refractivity contribution < 1.29 is 9.90 Å². The summed E-state index contributed by atoms with van der Waals surface area (Å²) in [6.07, 6.45) is 4.03. The highest BCUT2D eigenvalue weighted by Gasteiger charge is 2.50. The Morgan fingerprint density at radius 1 is 1.53 bits per heavy atom. The number of aliphatic hydroxyl groups is 1. The Balaban J connectivity index is 1.98. The van der Waals surface area contributed by atoms with Crippen LogP contribution in [0.25, 0.3) is 0 Å². The van der Waals surface area contributed by atoms with Crippen LogP contribution >= 0.6 is 0 Å². The van der Waals surface area contributed by atoms with Crippen LogP contribution < -0.4 is 5.73 Å². The van der Waals surface area contributed by atoms with Crippen LogP contribution in [0.15, 0.2) is 0 Å². The topological polar surface area (TPSA) is 66.6 Å². The average Bonchev–Trinajstić information content (AvgIpc) is 2.56. The Labute approximate surface area is 90.4 Å². The first-order valence-electron chi connectivity index (χ1n) is 5.80. The maximum Gasteiger partial charge on any atom is 0.223 e. The molecule has 1 amide bonds. The van der Waals surface area contributed by atoms with E-state index in [1.807, 2.05) is 4.90 Å². The van der Waals surface area contributed by atoms with E-state index in [2.05, 4.69) is 0 Å². The number of amides is 1. The second-order valence-corrected chi connectivity index (χ2v) is 4.91. The molecule has 1 atom stereocenters. The third kappa shape index (κ3) is 1.76. The highest BCUT2D eigenvalue weighted by molar-refractivity contribution is 5.76. The molecule has 4 heteroatoms. The van der Waals surface area contributed by atoms with Crippen molar-refractivity contribution in [3.8, 4) is 0 Å². The smallest absolute Gasteiger partial charge is 0.223 e. The number of nitrogens with two attached hydrogens (primary N) is 1. The molecule has 1 spiro atoms. The maximum atomic E-state index is 11.7. The van der Waals surface area contributed by atoms with E-state index in [-0.39, 0.29) is 17.9 Å². The fourth-order valence-corrected chi connectivity index (χ4v) is 2.95. The summed E-state index contributed by atoms with van der Waals surface area (Å²) in [7, 11) is 0. The Bertz CT molecular complexity index is 251. The van der Waals surface area contributed by atoms with Gasteiger partial charge in [0.15, 0.2) is 0 Å². The van der Waals surface area contributed by atoms with Gasteiger partial charge in [0.05, 0.1) is 0 Å². The summed E-state index contributed by atoms with van der Waals surface area (Å²) >= 11 is 0. The molecule has 86 valence electrons. The van der Waals surface area contributed by atoms with Gasteiger partial charge in [0, 0.05) is 38.6 Å². The summed E-state index contributed by atoms with van der Waals surface area (Å²) in [6.45, 7) is 2.21.